The molecule has 0 spiro atoms. The number of nitrogens with zero attached hydrogens (tertiary/aromatic N) is 4. The van der Waals surface area contributed by atoms with Crippen molar-refractivity contribution in [3.63, 3.8) is 0 Å². The molecule has 39 heavy (non-hydrogen) atoms. The predicted octanol–water partition coefficient (Wildman–Crippen LogP) is 4.06. The SMILES string of the molecule is C=CC(=O)Nc1ccc(-c2nn3ncnc(N)c3c2-c2ccc(C(=O)NC(F)C(F)F)c(OC(F)F)c2)cc1. The number of anilines is 2. The number of hydrogen-bond donors (Lipinski definition) is 3. The highest BCUT2D eigenvalue weighted by Crippen LogP contribution is 2.39. The van der Waals surface area contributed by atoms with Gasteiger partial charge in [-0.3, -0.25) is 9.59 Å². The van der Waals surface area contributed by atoms with Crippen LogP contribution >= 0.6 is 0 Å². The molecule has 0 aliphatic heterocycles. The number of benzene rings is 2. The van der Waals surface area contributed by atoms with Gasteiger partial charge in [0.15, 0.2) is 5.82 Å². The van der Waals surface area contributed by atoms with Crippen molar-refractivity contribution < 1.29 is 36.3 Å². The molecule has 15 heteroatoms. The molecule has 0 fully saturated rings. The number of nitrogens with one attached hydrogen (secondary N) is 2. The van der Waals surface area contributed by atoms with Crippen molar-refractivity contribution in [3.05, 3.63) is 67.0 Å². The molecule has 2 aromatic carbocycles. The summed E-state index contributed by atoms with van der Waals surface area (Å²) in [5.41, 5.74) is 7.22. The first-order valence-electron chi connectivity index (χ1n) is 10.9. The lowest BCUT2D eigenvalue weighted by atomic mass is 9.98. The highest BCUT2D eigenvalue weighted by molar-refractivity contribution is 6.01. The fraction of sp³-hybridized carbons (Fsp3) is 0.125. The van der Waals surface area contributed by atoms with Crippen LogP contribution in [0, 0.1) is 0 Å². The smallest absolute Gasteiger partial charge is 0.387 e. The van der Waals surface area contributed by atoms with Crippen LogP contribution in [0.15, 0.2) is 61.4 Å². The first-order valence-corrected chi connectivity index (χ1v) is 10.9. The minimum Gasteiger partial charge on any atom is -0.434 e. The van der Waals surface area contributed by atoms with Gasteiger partial charge in [0, 0.05) is 16.8 Å². The van der Waals surface area contributed by atoms with Crippen LogP contribution in [-0.2, 0) is 4.79 Å². The number of alkyl halides is 5. The van der Waals surface area contributed by atoms with E-state index < -0.39 is 42.5 Å². The van der Waals surface area contributed by atoms with Crippen LogP contribution in [-0.4, -0.2) is 51.0 Å². The molecule has 2 aromatic heterocycles. The maximum absolute atomic E-state index is 13.4. The Balaban J connectivity index is 1.85. The Labute approximate surface area is 216 Å². The Morgan fingerprint density at radius 1 is 1.05 bits per heavy atom. The second kappa shape index (κ2) is 11.1. The van der Waals surface area contributed by atoms with E-state index in [0.717, 1.165) is 29.2 Å². The molecule has 0 saturated heterocycles. The van der Waals surface area contributed by atoms with Gasteiger partial charge in [0.2, 0.25) is 12.2 Å². The van der Waals surface area contributed by atoms with Crippen LogP contribution < -0.4 is 21.1 Å². The third-order valence-corrected chi connectivity index (χ3v) is 5.30. The average Bonchev–Trinajstić information content (AvgIpc) is 3.29. The summed E-state index contributed by atoms with van der Waals surface area (Å²) in [5, 5.41) is 12.4. The normalized spacial score (nSPS) is 12.0. The number of amides is 2. The van der Waals surface area contributed by atoms with Gasteiger partial charge in [0.1, 0.15) is 23.3 Å². The van der Waals surface area contributed by atoms with Gasteiger partial charge < -0.3 is 21.1 Å². The molecule has 0 saturated carbocycles. The van der Waals surface area contributed by atoms with Gasteiger partial charge in [0.25, 0.3) is 12.3 Å². The molecular formula is C24H18F5N7O3. The van der Waals surface area contributed by atoms with E-state index in [0.29, 0.717) is 11.3 Å². The number of hydrogen-bond acceptors (Lipinski definition) is 7. The third kappa shape index (κ3) is 5.76. The Morgan fingerprint density at radius 2 is 1.74 bits per heavy atom. The van der Waals surface area contributed by atoms with Crippen LogP contribution in [0.1, 0.15) is 10.4 Å². The molecule has 202 valence electrons. The van der Waals surface area contributed by atoms with Gasteiger partial charge in [-0.05, 0) is 35.9 Å². The van der Waals surface area contributed by atoms with E-state index in [1.54, 1.807) is 24.3 Å². The monoisotopic (exact) mass is 547 g/mol. The minimum absolute atomic E-state index is 0.0241. The summed E-state index contributed by atoms with van der Waals surface area (Å²) in [5.74, 6) is -2.57. The third-order valence-electron chi connectivity index (χ3n) is 5.30. The van der Waals surface area contributed by atoms with E-state index in [2.05, 4.69) is 31.8 Å². The Hall–Kier alpha value is -5.08. The van der Waals surface area contributed by atoms with Crippen molar-refractivity contribution in [1.29, 1.82) is 0 Å². The fourth-order valence-electron chi connectivity index (χ4n) is 3.62. The van der Waals surface area contributed by atoms with Gasteiger partial charge in [-0.2, -0.15) is 8.78 Å². The molecule has 1 unspecified atom stereocenters. The van der Waals surface area contributed by atoms with Crippen LogP contribution in [0.4, 0.5) is 33.5 Å². The summed E-state index contributed by atoms with van der Waals surface area (Å²) in [4.78, 5) is 27.9. The van der Waals surface area contributed by atoms with E-state index in [1.165, 1.54) is 11.4 Å². The lowest BCUT2D eigenvalue weighted by Gasteiger charge is -2.15. The van der Waals surface area contributed by atoms with E-state index in [9.17, 15) is 31.5 Å². The summed E-state index contributed by atoms with van der Waals surface area (Å²) in [7, 11) is 0. The number of nitrogens with two attached hydrogens (primary N) is 1. The molecule has 0 radical (unpaired) electrons. The maximum atomic E-state index is 13.4. The predicted molar refractivity (Wildman–Crippen MR) is 130 cm³/mol. The molecule has 0 aliphatic carbocycles. The van der Waals surface area contributed by atoms with Crippen molar-refractivity contribution in [2.24, 2.45) is 0 Å². The van der Waals surface area contributed by atoms with Crippen LogP contribution in [0.5, 0.6) is 5.75 Å². The van der Waals surface area contributed by atoms with E-state index >= 15 is 0 Å². The fourth-order valence-corrected chi connectivity index (χ4v) is 3.62. The van der Waals surface area contributed by atoms with Crippen molar-refractivity contribution in [1.82, 2.24) is 25.1 Å². The molecule has 4 aromatic rings. The number of carbonyl (C=O) groups excluding carboxylic acids is 2. The minimum atomic E-state index is -3.53. The van der Waals surface area contributed by atoms with Gasteiger partial charge in [-0.15, -0.1) is 14.8 Å². The molecule has 1 atom stereocenters. The molecule has 2 heterocycles. The number of fused-ring (bicyclic) bond motifs is 1. The average molecular weight is 547 g/mol. The Morgan fingerprint density at radius 3 is 2.38 bits per heavy atom. The number of ether oxygens (including phenoxy) is 1. The topological polar surface area (TPSA) is 137 Å². The maximum Gasteiger partial charge on any atom is 0.387 e. The molecule has 4 N–H and O–H groups in total. The van der Waals surface area contributed by atoms with Gasteiger partial charge in [-0.25, -0.2) is 18.2 Å². The highest BCUT2D eigenvalue weighted by atomic mass is 19.3. The zero-order chi connectivity index (χ0) is 28.3. The summed E-state index contributed by atoms with van der Waals surface area (Å²) in [6.07, 6.45) is -4.32. The molecule has 2 amide bonds. The molecular weight excluding hydrogens is 529 g/mol. The second-order valence-corrected chi connectivity index (χ2v) is 7.78. The van der Waals surface area contributed by atoms with Gasteiger partial charge >= 0.3 is 6.61 Å². The number of carbonyl (C=O) groups is 2. The summed E-state index contributed by atoms with van der Waals surface area (Å²) < 4.78 is 70.5. The lowest BCUT2D eigenvalue weighted by Crippen LogP contribution is -2.36. The van der Waals surface area contributed by atoms with Crippen LogP contribution in [0.3, 0.4) is 0 Å². The number of nitrogen functional groups attached to an aromatic ring is 1. The summed E-state index contributed by atoms with van der Waals surface area (Å²) in [6, 6.07) is 9.69. The first kappa shape index (κ1) is 27.0. The van der Waals surface area contributed by atoms with Crippen molar-refractivity contribution in [2.45, 2.75) is 19.3 Å². The molecule has 4 rings (SSSR count). The van der Waals surface area contributed by atoms with Gasteiger partial charge in [-0.1, -0.05) is 24.8 Å². The summed E-state index contributed by atoms with van der Waals surface area (Å²) >= 11 is 0. The zero-order valence-electron chi connectivity index (χ0n) is 19.6. The summed E-state index contributed by atoms with van der Waals surface area (Å²) in [6.45, 7) is -0.0249. The van der Waals surface area contributed by atoms with Crippen LogP contribution in [0.25, 0.3) is 27.9 Å². The quantitative estimate of drug-likeness (QED) is 0.163. The molecule has 10 nitrogen and oxygen atoms in total. The van der Waals surface area contributed by atoms with Crippen molar-refractivity contribution >= 4 is 28.8 Å². The number of aromatic nitrogens is 4. The second-order valence-electron chi connectivity index (χ2n) is 7.78. The molecule has 0 bridgehead atoms. The largest absolute Gasteiger partial charge is 0.434 e. The van der Waals surface area contributed by atoms with E-state index in [-0.39, 0.29) is 28.2 Å². The standard InChI is InChI=1S/C24H18F5N7O3/c1-2-16(37)33-13-6-3-11(4-7-13)18-17(19-22(30)31-10-32-36(19)35-18)12-5-8-14(15(9-12)39-24(28)29)23(38)34-21(27)20(25)26/h2-10,20-21,24H,1H2,(H,33,37)(H,34,38)(H2,30,31,32). The number of rotatable bonds is 9. The van der Waals surface area contributed by atoms with E-state index in [1.807, 2.05) is 0 Å². The van der Waals surface area contributed by atoms with Crippen LogP contribution in [0.2, 0.25) is 0 Å². The Bertz CT molecular complexity index is 1540. The van der Waals surface area contributed by atoms with Crippen molar-refractivity contribution in [3.8, 4) is 28.1 Å². The molecule has 0 aliphatic rings. The van der Waals surface area contributed by atoms with Crippen molar-refractivity contribution in [2.75, 3.05) is 11.1 Å². The van der Waals surface area contributed by atoms with Gasteiger partial charge in [0.05, 0.1) is 5.56 Å². The number of halogens is 5. The highest BCUT2D eigenvalue weighted by Gasteiger charge is 2.26. The van der Waals surface area contributed by atoms with E-state index in [4.69, 9.17) is 5.73 Å². The zero-order valence-corrected chi connectivity index (χ0v) is 19.6. The first-order chi connectivity index (χ1) is 18.6. The lowest BCUT2D eigenvalue weighted by molar-refractivity contribution is -0.111. The Kier molecular flexibility index (Phi) is 7.69.